The maximum absolute atomic E-state index is 4.34. The fourth-order valence-electron chi connectivity index (χ4n) is 1.48. The Morgan fingerprint density at radius 2 is 2.29 bits per heavy atom. The molecule has 0 saturated heterocycles. The highest BCUT2D eigenvalue weighted by Crippen LogP contribution is 2.01. The third kappa shape index (κ3) is 2.98. The molecule has 0 spiro atoms. The van der Waals surface area contributed by atoms with E-state index in [2.05, 4.69) is 18.7 Å². The first-order valence-corrected chi connectivity index (χ1v) is 5.34. The molecule has 1 aromatic rings. The lowest BCUT2D eigenvalue weighted by molar-refractivity contribution is -0.733. The summed E-state index contributed by atoms with van der Waals surface area (Å²) in [5.74, 6) is 0. The van der Waals surface area contributed by atoms with Crippen LogP contribution in [0.4, 0.5) is 0 Å². The maximum Gasteiger partial charge on any atom is 0.189 e. The zero-order valence-electron chi connectivity index (χ0n) is 9.24. The predicted molar refractivity (Wildman–Crippen MR) is 57.6 cm³/mol. The summed E-state index contributed by atoms with van der Waals surface area (Å²) >= 11 is 0. The molecule has 3 heteroatoms. The number of hydrogen-bond donors (Lipinski definition) is 0. The lowest BCUT2D eigenvalue weighted by atomic mass is 10.2. The normalized spacial score (nSPS) is 10.4. The molecule has 0 aliphatic heterocycles. The van der Waals surface area contributed by atoms with Gasteiger partial charge in [0.1, 0.15) is 13.6 Å². The van der Waals surface area contributed by atoms with Crippen molar-refractivity contribution in [1.29, 1.82) is 0 Å². The Morgan fingerprint density at radius 3 is 2.86 bits per heavy atom. The minimum Gasteiger partial charge on any atom is -0.137 e. The number of unbranched alkanes of at least 4 members (excludes halogenated alkanes) is 3. The van der Waals surface area contributed by atoms with E-state index in [1.54, 1.807) is 0 Å². The highest BCUT2D eigenvalue weighted by Gasteiger charge is 2.07. The molecular weight excluding hydrogens is 174 g/mol. The van der Waals surface area contributed by atoms with Crippen LogP contribution in [0.5, 0.6) is 0 Å². The molecule has 1 heterocycles. The van der Waals surface area contributed by atoms with E-state index in [1.165, 1.54) is 25.7 Å². The molecule has 0 saturated carbocycles. The van der Waals surface area contributed by atoms with Gasteiger partial charge in [0.2, 0.25) is 0 Å². The second-order valence-corrected chi connectivity index (χ2v) is 3.59. The molecule has 0 aliphatic carbocycles. The van der Waals surface area contributed by atoms with Crippen molar-refractivity contribution in [2.24, 2.45) is 7.05 Å². The molecular formula is C11H20N3+. The minimum atomic E-state index is 1.02. The molecule has 0 unspecified atom stereocenters. The molecule has 0 radical (unpaired) electrons. The van der Waals surface area contributed by atoms with E-state index in [4.69, 9.17) is 0 Å². The van der Waals surface area contributed by atoms with E-state index in [1.807, 2.05) is 28.7 Å². The van der Waals surface area contributed by atoms with E-state index >= 15 is 0 Å². The molecule has 3 nitrogen and oxygen atoms in total. The van der Waals surface area contributed by atoms with Crippen molar-refractivity contribution in [1.82, 2.24) is 9.90 Å². The van der Waals surface area contributed by atoms with Gasteiger partial charge in [-0.1, -0.05) is 26.3 Å². The van der Waals surface area contributed by atoms with E-state index in [0.29, 0.717) is 0 Å². The van der Waals surface area contributed by atoms with Crippen molar-refractivity contribution in [2.45, 2.75) is 39.2 Å². The standard InChI is InChI=1S/C11H20N3/c1-4-6-7-8-9-14-10-11(5-2)13(3)12-14/h5,10H,2,4,6-9H2,1,3H3/q+1. The quantitative estimate of drug-likeness (QED) is 0.501. The van der Waals surface area contributed by atoms with Crippen molar-refractivity contribution in [2.75, 3.05) is 0 Å². The van der Waals surface area contributed by atoms with Gasteiger partial charge in [-0.05, 0) is 18.9 Å². The predicted octanol–water partition coefficient (Wildman–Crippen LogP) is 1.93. The lowest BCUT2D eigenvalue weighted by Crippen LogP contribution is -2.33. The Hall–Kier alpha value is -1.12. The molecule has 0 bridgehead atoms. The number of nitrogens with zero attached hydrogens (tertiary/aromatic N) is 3. The van der Waals surface area contributed by atoms with E-state index in [9.17, 15) is 0 Å². The van der Waals surface area contributed by atoms with Crippen molar-refractivity contribution < 1.29 is 4.68 Å². The summed E-state index contributed by atoms with van der Waals surface area (Å²) in [4.78, 5) is 0. The monoisotopic (exact) mass is 194 g/mol. The van der Waals surface area contributed by atoms with Crippen LogP contribution in [0.2, 0.25) is 0 Å². The Labute approximate surface area is 86.0 Å². The molecule has 0 fully saturated rings. The third-order valence-corrected chi connectivity index (χ3v) is 2.35. The summed E-state index contributed by atoms with van der Waals surface area (Å²) in [6.45, 7) is 6.98. The van der Waals surface area contributed by atoms with Gasteiger partial charge < -0.3 is 0 Å². The molecule has 14 heavy (non-hydrogen) atoms. The second-order valence-electron chi connectivity index (χ2n) is 3.59. The van der Waals surface area contributed by atoms with Crippen molar-refractivity contribution in [3.05, 3.63) is 18.5 Å². The summed E-state index contributed by atoms with van der Waals surface area (Å²) in [6.07, 6.45) is 8.98. The first-order valence-electron chi connectivity index (χ1n) is 5.34. The Morgan fingerprint density at radius 1 is 1.50 bits per heavy atom. The maximum atomic E-state index is 4.34. The Kier molecular flexibility index (Phi) is 4.36. The molecule has 0 aromatic carbocycles. The van der Waals surface area contributed by atoms with Gasteiger partial charge in [0.05, 0.1) is 5.21 Å². The van der Waals surface area contributed by atoms with Gasteiger partial charge in [-0.15, -0.1) is 9.36 Å². The molecule has 0 amide bonds. The second kappa shape index (κ2) is 5.58. The van der Waals surface area contributed by atoms with E-state index in [0.717, 1.165) is 12.2 Å². The van der Waals surface area contributed by atoms with E-state index in [-0.39, 0.29) is 0 Å². The first-order chi connectivity index (χ1) is 6.77. The van der Waals surface area contributed by atoms with Gasteiger partial charge in [0.15, 0.2) is 11.9 Å². The zero-order valence-corrected chi connectivity index (χ0v) is 9.24. The molecule has 0 atom stereocenters. The van der Waals surface area contributed by atoms with Gasteiger partial charge in [0.25, 0.3) is 0 Å². The topological polar surface area (TPSA) is 21.7 Å². The number of aryl methyl sites for hydroxylation is 2. The van der Waals surface area contributed by atoms with Crippen LogP contribution >= 0.6 is 0 Å². The van der Waals surface area contributed by atoms with Crippen LogP contribution in [0.15, 0.2) is 12.8 Å². The molecule has 0 N–H and O–H groups in total. The molecule has 1 rings (SSSR count). The van der Waals surface area contributed by atoms with Crippen LogP contribution in [0.25, 0.3) is 6.08 Å². The lowest BCUT2D eigenvalue weighted by Gasteiger charge is -1.93. The van der Waals surface area contributed by atoms with Crippen molar-refractivity contribution in [3.63, 3.8) is 0 Å². The minimum absolute atomic E-state index is 1.02. The molecule has 78 valence electrons. The smallest absolute Gasteiger partial charge is 0.137 e. The average molecular weight is 194 g/mol. The van der Waals surface area contributed by atoms with Crippen molar-refractivity contribution >= 4 is 6.08 Å². The third-order valence-electron chi connectivity index (χ3n) is 2.35. The Bertz CT molecular complexity index is 289. The zero-order chi connectivity index (χ0) is 10.4. The van der Waals surface area contributed by atoms with Crippen LogP contribution in [-0.2, 0) is 13.6 Å². The summed E-state index contributed by atoms with van der Waals surface area (Å²) in [5.41, 5.74) is 1.07. The number of hydrogen-bond acceptors (Lipinski definition) is 1. The summed E-state index contributed by atoms with van der Waals surface area (Å²) in [6, 6.07) is 0. The van der Waals surface area contributed by atoms with Gasteiger partial charge in [0, 0.05) is 0 Å². The first kappa shape index (κ1) is 11.0. The SMILES string of the molecule is C=Cc1cn(CCCCCC)n[n+]1C. The van der Waals surface area contributed by atoms with Crippen LogP contribution in [-0.4, -0.2) is 9.90 Å². The van der Waals surface area contributed by atoms with Crippen LogP contribution in [0.1, 0.15) is 38.3 Å². The molecule has 0 aliphatic rings. The van der Waals surface area contributed by atoms with Crippen LogP contribution in [0.3, 0.4) is 0 Å². The van der Waals surface area contributed by atoms with E-state index < -0.39 is 0 Å². The highest BCUT2D eigenvalue weighted by atomic mass is 15.5. The largest absolute Gasteiger partial charge is 0.189 e. The fraction of sp³-hybridized carbons (Fsp3) is 0.636. The van der Waals surface area contributed by atoms with Gasteiger partial charge in [-0.3, -0.25) is 0 Å². The number of aromatic nitrogens is 3. The average Bonchev–Trinajstić information content (AvgIpc) is 2.54. The van der Waals surface area contributed by atoms with Gasteiger partial charge in [-0.25, -0.2) is 0 Å². The molecule has 1 aromatic heterocycles. The highest BCUT2D eigenvalue weighted by molar-refractivity contribution is 5.35. The van der Waals surface area contributed by atoms with Crippen LogP contribution < -0.4 is 4.68 Å². The van der Waals surface area contributed by atoms with Gasteiger partial charge in [-0.2, -0.15) is 0 Å². The fourth-order valence-corrected chi connectivity index (χ4v) is 1.48. The number of rotatable bonds is 6. The van der Waals surface area contributed by atoms with Crippen molar-refractivity contribution in [3.8, 4) is 0 Å². The van der Waals surface area contributed by atoms with Gasteiger partial charge >= 0.3 is 0 Å². The summed E-state index contributed by atoms with van der Waals surface area (Å²) in [7, 11) is 1.94. The Balaban J connectivity index is 2.39. The summed E-state index contributed by atoms with van der Waals surface area (Å²) in [5, 5.41) is 4.34. The van der Waals surface area contributed by atoms with Crippen LogP contribution in [0, 0.1) is 0 Å². The summed E-state index contributed by atoms with van der Waals surface area (Å²) < 4.78 is 3.85.